The molecule has 0 saturated heterocycles. The van der Waals surface area contributed by atoms with Gasteiger partial charge in [0.2, 0.25) is 0 Å². The van der Waals surface area contributed by atoms with Crippen molar-refractivity contribution in [2.24, 2.45) is 5.92 Å². The summed E-state index contributed by atoms with van der Waals surface area (Å²) in [7, 11) is 0. The fraction of sp³-hybridized carbons (Fsp3) is 0.600. The highest BCUT2D eigenvalue weighted by Gasteiger charge is 2.25. The Balaban J connectivity index is 2.74. The summed E-state index contributed by atoms with van der Waals surface area (Å²) in [5, 5.41) is 3.27. The normalized spacial score (nSPS) is 12.2. The van der Waals surface area contributed by atoms with Crippen LogP contribution < -0.4 is 5.32 Å². The third-order valence-electron chi connectivity index (χ3n) is 3.22. The molecule has 0 atom stereocenters. The number of benzene rings is 1. The van der Waals surface area contributed by atoms with Crippen LogP contribution in [-0.2, 0) is 5.41 Å². The van der Waals surface area contributed by atoms with Crippen molar-refractivity contribution in [3.8, 4) is 0 Å². The van der Waals surface area contributed by atoms with Crippen LogP contribution >= 0.6 is 0 Å². The molecule has 0 radical (unpaired) electrons. The Kier molecular flexibility index (Phi) is 5.41. The molecule has 0 heterocycles. The highest BCUT2D eigenvalue weighted by Crippen LogP contribution is 2.30. The molecule has 0 aliphatic heterocycles. The lowest BCUT2D eigenvalue weighted by Gasteiger charge is -2.26. The zero-order chi connectivity index (χ0) is 14.6. The maximum Gasteiger partial charge on any atom is 0.161 e. The molecule has 0 aliphatic carbocycles. The number of nitrogens with one attached hydrogen (secondary N) is 1. The molecule has 0 saturated carbocycles. The van der Waals surface area contributed by atoms with Crippen molar-refractivity contribution in [1.82, 2.24) is 5.32 Å². The molecule has 1 aromatic rings. The van der Waals surface area contributed by atoms with Crippen LogP contribution in [0.5, 0.6) is 0 Å². The van der Waals surface area contributed by atoms with Gasteiger partial charge in [0.1, 0.15) is 5.82 Å². The van der Waals surface area contributed by atoms with Crippen LogP contribution in [0.3, 0.4) is 0 Å². The van der Waals surface area contributed by atoms with Gasteiger partial charge < -0.3 is 5.32 Å². The van der Waals surface area contributed by atoms with Gasteiger partial charge in [-0.3, -0.25) is 0 Å². The van der Waals surface area contributed by atoms with Gasteiger partial charge in [0.05, 0.1) is 0 Å². The molecule has 0 aromatic heterocycles. The minimum atomic E-state index is -1.14. The summed E-state index contributed by atoms with van der Waals surface area (Å²) < 4.78 is 39.9. The van der Waals surface area contributed by atoms with Gasteiger partial charge in [0.15, 0.2) is 11.6 Å². The zero-order valence-corrected chi connectivity index (χ0v) is 12.0. The summed E-state index contributed by atoms with van der Waals surface area (Å²) in [6, 6.07) is 1.58. The Hall–Kier alpha value is -1.03. The second-order valence-electron chi connectivity index (χ2n) is 5.98. The monoisotopic (exact) mass is 273 g/mol. The number of hydrogen-bond acceptors (Lipinski definition) is 1. The second-order valence-corrected chi connectivity index (χ2v) is 5.98. The Labute approximate surface area is 113 Å². The van der Waals surface area contributed by atoms with E-state index in [9.17, 15) is 13.2 Å². The van der Waals surface area contributed by atoms with Crippen LogP contribution in [0.1, 0.15) is 39.7 Å². The topological polar surface area (TPSA) is 12.0 Å². The Morgan fingerprint density at radius 2 is 1.63 bits per heavy atom. The summed E-state index contributed by atoms with van der Waals surface area (Å²) >= 11 is 0. The Bertz CT molecular complexity index is 428. The smallest absolute Gasteiger partial charge is 0.161 e. The number of hydrogen-bond donors (Lipinski definition) is 1. The molecule has 19 heavy (non-hydrogen) atoms. The third-order valence-corrected chi connectivity index (χ3v) is 3.22. The summed E-state index contributed by atoms with van der Waals surface area (Å²) in [5.41, 5.74) is -0.319. The fourth-order valence-corrected chi connectivity index (χ4v) is 1.97. The van der Waals surface area contributed by atoms with Gasteiger partial charge in [-0.1, -0.05) is 27.7 Å². The van der Waals surface area contributed by atoms with Crippen LogP contribution in [0, 0.1) is 23.4 Å². The largest absolute Gasteiger partial charge is 0.316 e. The lowest BCUT2D eigenvalue weighted by molar-refractivity contribution is 0.413. The molecule has 0 amide bonds. The number of rotatable bonds is 6. The first-order chi connectivity index (χ1) is 8.74. The Morgan fingerprint density at radius 1 is 1.05 bits per heavy atom. The van der Waals surface area contributed by atoms with Crippen LogP contribution in [0.25, 0.3) is 0 Å². The predicted molar refractivity (Wildman–Crippen MR) is 71.7 cm³/mol. The van der Waals surface area contributed by atoms with E-state index >= 15 is 0 Å². The highest BCUT2D eigenvalue weighted by molar-refractivity contribution is 5.27. The minimum absolute atomic E-state index is 0.220. The molecule has 4 heteroatoms. The van der Waals surface area contributed by atoms with Gasteiger partial charge in [-0.05, 0) is 42.5 Å². The van der Waals surface area contributed by atoms with Crippen molar-refractivity contribution in [3.05, 3.63) is 35.1 Å². The molecule has 1 N–H and O–H groups in total. The van der Waals surface area contributed by atoms with Crippen molar-refractivity contribution >= 4 is 0 Å². The molecule has 1 nitrogen and oxygen atoms in total. The number of halogens is 3. The Morgan fingerprint density at radius 3 is 2.21 bits per heavy atom. The van der Waals surface area contributed by atoms with Crippen molar-refractivity contribution in [1.29, 1.82) is 0 Å². The molecule has 0 fully saturated rings. The van der Waals surface area contributed by atoms with E-state index in [1.54, 1.807) is 0 Å². The van der Waals surface area contributed by atoms with Gasteiger partial charge in [0, 0.05) is 6.07 Å². The van der Waals surface area contributed by atoms with Crippen molar-refractivity contribution < 1.29 is 13.2 Å². The second kappa shape index (κ2) is 6.42. The van der Waals surface area contributed by atoms with Crippen LogP contribution in [0.2, 0.25) is 0 Å². The average molecular weight is 273 g/mol. The summed E-state index contributed by atoms with van der Waals surface area (Å²) in [6.45, 7) is 9.47. The van der Waals surface area contributed by atoms with Gasteiger partial charge in [-0.2, -0.15) is 0 Å². The van der Waals surface area contributed by atoms with E-state index in [4.69, 9.17) is 0 Å². The maximum absolute atomic E-state index is 13.7. The molecule has 1 rings (SSSR count). The van der Waals surface area contributed by atoms with E-state index in [0.29, 0.717) is 24.9 Å². The van der Waals surface area contributed by atoms with E-state index in [0.717, 1.165) is 12.6 Å². The first-order valence-corrected chi connectivity index (χ1v) is 6.60. The van der Waals surface area contributed by atoms with E-state index < -0.39 is 22.9 Å². The first-order valence-electron chi connectivity index (χ1n) is 6.60. The highest BCUT2D eigenvalue weighted by atomic mass is 19.2. The molecule has 0 spiro atoms. The summed E-state index contributed by atoms with van der Waals surface area (Å²) in [4.78, 5) is 0. The van der Waals surface area contributed by atoms with Crippen molar-refractivity contribution in [2.75, 3.05) is 13.1 Å². The fourth-order valence-electron chi connectivity index (χ4n) is 1.97. The molecular weight excluding hydrogens is 251 g/mol. The quantitative estimate of drug-likeness (QED) is 0.610. The lowest BCUT2D eigenvalue weighted by atomic mass is 9.81. The van der Waals surface area contributed by atoms with Crippen molar-refractivity contribution in [2.45, 2.75) is 39.5 Å². The van der Waals surface area contributed by atoms with Crippen LogP contribution in [0.4, 0.5) is 13.2 Å². The molecule has 0 bridgehead atoms. The first kappa shape index (κ1) is 16.0. The van der Waals surface area contributed by atoms with Crippen LogP contribution in [-0.4, -0.2) is 13.1 Å². The standard InChI is InChI=1S/C15H22F3N/c1-10(2)9-19-6-5-15(3,4)11-7-13(17)14(18)8-12(11)16/h7-8,10,19H,5-6,9H2,1-4H3. The van der Waals surface area contributed by atoms with E-state index in [2.05, 4.69) is 19.2 Å². The van der Waals surface area contributed by atoms with Crippen LogP contribution in [0.15, 0.2) is 12.1 Å². The SMILES string of the molecule is CC(C)CNCCC(C)(C)c1cc(F)c(F)cc1F. The average Bonchev–Trinajstić information content (AvgIpc) is 2.29. The van der Waals surface area contributed by atoms with E-state index in [-0.39, 0.29) is 5.56 Å². The van der Waals surface area contributed by atoms with Gasteiger partial charge >= 0.3 is 0 Å². The minimum Gasteiger partial charge on any atom is -0.316 e. The van der Waals surface area contributed by atoms with Gasteiger partial charge in [-0.25, -0.2) is 13.2 Å². The molecular formula is C15H22F3N. The summed E-state index contributed by atoms with van der Waals surface area (Å²) in [5.74, 6) is -2.29. The molecule has 1 aromatic carbocycles. The van der Waals surface area contributed by atoms with E-state index in [1.165, 1.54) is 0 Å². The van der Waals surface area contributed by atoms with Gasteiger partial charge in [-0.15, -0.1) is 0 Å². The maximum atomic E-state index is 13.7. The lowest BCUT2D eigenvalue weighted by Crippen LogP contribution is -2.28. The molecule has 0 aliphatic rings. The van der Waals surface area contributed by atoms with Crippen molar-refractivity contribution in [3.63, 3.8) is 0 Å². The zero-order valence-electron chi connectivity index (χ0n) is 12.0. The third kappa shape index (κ3) is 4.53. The van der Waals surface area contributed by atoms with E-state index in [1.807, 2.05) is 13.8 Å². The summed E-state index contributed by atoms with van der Waals surface area (Å²) in [6.07, 6.45) is 0.654. The van der Waals surface area contributed by atoms with Gasteiger partial charge in [0.25, 0.3) is 0 Å². The molecule has 0 unspecified atom stereocenters. The molecule has 108 valence electrons. The predicted octanol–water partition coefficient (Wildman–Crippen LogP) is 4.02.